The maximum absolute atomic E-state index is 9.51. The number of morpholine rings is 1. The van der Waals surface area contributed by atoms with E-state index < -0.39 is 6.10 Å². The molecular formula is C11H20N4O3. The van der Waals surface area contributed by atoms with Gasteiger partial charge in [0.05, 0.1) is 6.61 Å². The molecule has 1 aliphatic rings. The third-order valence-electron chi connectivity index (χ3n) is 3.08. The van der Waals surface area contributed by atoms with Gasteiger partial charge in [-0.3, -0.25) is 4.90 Å². The van der Waals surface area contributed by atoms with Crippen LogP contribution in [0.3, 0.4) is 0 Å². The SMILES string of the molecule is CC(C)N1CCOC(c2noc([C@@H](O)CN)n2)C1. The number of hydrogen-bond acceptors (Lipinski definition) is 7. The van der Waals surface area contributed by atoms with Crippen LogP contribution in [0.2, 0.25) is 0 Å². The van der Waals surface area contributed by atoms with Crippen molar-refractivity contribution in [2.45, 2.75) is 32.1 Å². The molecule has 0 bridgehead atoms. The molecule has 2 rings (SSSR count). The Labute approximate surface area is 106 Å². The van der Waals surface area contributed by atoms with Crippen LogP contribution < -0.4 is 5.73 Å². The van der Waals surface area contributed by atoms with E-state index in [-0.39, 0.29) is 18.5 Å². The fourth-order valence-corrected chi connectivity index (χ4v) is 1.91. The summed E-state index contributed by atoms with van der Waals surface area (Å²) >= 11 is 0. The Kier molecular flexibility index (Phi) is 4.28. The van der Waals surface area contributed by atoms with Crippen molar-refractivity contribution >= 4 is 0 Å². The standard InChI is InChI=1S/C11H20N4O3/c1-7(2)15-3-4-17-9(6-15)10-13-11(18-14-10)8(16)5-12/h7-9,16H,3-6,12H2,1-2H3/t8-,9?/m0/s1. The van der Waals surface area contributed by atoms with E-state index in [9.17, 15) is 5.11 Å². The zero-order valence-electron chi connectivity index (χ0n) is 10.7. The molecule has 7 heteroatoms. The molecule has 0 spiro atoms. The predicted octanol–water partition coefficient (Wildman–Crippen LogP) is -0.157. The number of aliphatic hydroxyl groups is 1. The largest absolute Gasteiger partial charge is 0.382 e. The summed E-state index contributed by atoms with van der Waals surface area (Å²) in [7, 11) is 0. The minimum Gasteiger partial charge on any atom is -0.382 e. The third-order valence-corrected chi connectivity index (χ3v) is 3.08. The average molecular weight is 256 g/mol. The fraction of sp³-hybridized carbons (Fsp3) is 0.818. The summed E-state index contributed by atoms with van der Waals surface area (Å²) in [6, 6.07) is 0.456. The summed E-state index contributed by atoms with van der Waals surface area (Å²) in [6.07, 6.45) is -1.11. The van der Waals surface area contributed by atoms with Crippen LogP contribution in [-0.4, -0.2) is 52.4 Å². The summed E-state index contributed by atoms with van der Waals surface area (Å²) in [5, 5.41) is 13.4. The molecule has 7 nitrogen and oxygen atoms in total. The third kappa shape index (κ3) is 2.86. The van der Waals surface area contributed by atoms with E-state index in [0.29, 0.717) is 18.5 Å². The number of ether oxygens (including phenoxy) is 1. The summed E-state index contributed by atoms with van der Waals surface area (Å²) in [6.45, 7) is 6.63. The number of hydrogen-bond donors (Lipinski definition) is 2. The highest BCUT2D eigenvalue weighted by Crippen LogP contribution is 2.22. The maximum Gasteiger partial charge on any atom is 0.256 e. The van der Waals surface area contributed by atoms with Crippen LogP contribution in [0.5, 0.6) is 0 Å². The molecule has 2 atom stereocenters. The molecule has 0 amide bonds. The normalized spacial score (nSPS) is 23.5. The van der Waals surface area contributed by atoms with Crippen molar-refractivity contribution in [3.63, 3.8) is 0 Å². The van der Waals surface area contributed by atoms with Gasteiger partial charge in [-0.1, -0.05) is 5.16 Å². The minimum atomic E-state index is -0.906. The van der Waals surface area contributed by atoms with Crippen molar-refractivity contribution in [1.29, 1.82) is 0 Å². The molecule has 1 aromatic rings. The molecule has 0 saturated carbocycles. The summed E-state index contributed by atoms with van der Waals surface area (Å²) in [4.78, 5) is 6.43. The second kappa shape index (κ2) is 5.75. The Morgan fingerprint density at radius 2 is 2.33 bits per heavy atom. The predicted molar refractivity (Wildman–Crippen MR) is 63.7 cm³/mol. The topological polar surface area (TPSA) is 97.6 Å². The first-order chi connectivity index (χ1) is 8.61. The molecule has 1 aromatic heterocycles. The Morgan fingerprint density at radius 1 is 1.56 bits per heavy atom. The maximum atomic E-state index is 9.51. The van der Waals surface area contributed by atoms with Crippen molar-refractivity contribution in [3.8, 4) is 0 Å². The molecule has 0 aliphatic carbocycles. The van der Waals surface area contributed by atoms with Crippen molar-refractivity contribution in [1.82, 2.24) is 15.0 Å². The molecule has 2 heterocycles. The van der Waals surface area contributed by atoms with Gasteiger partial charge in [-0.15, -0.1) is 0 Å². The molecule has 18 heavy (non-hydrogen) atoms. The number of aromatic nitrogens is 2. The number of nitrogens with zero attached hydrogens (tertiary/aromatic N) is 3. The first kappa shape index (κ1) is 13.4. The molecule has 102 valence electrons. The molecule has 3 N–H and O–H groups in total. The summed E-state index contributed by atoms with van der Waals surface area (Å²) in [5.74, 6) is 0.626. The highest BCUT2D eigenvalue weighted by atomic mass is 16.5. The molecular weight excluding hydrogens is 236 g/mol. The van der Waals surface area contributed by atoms with Gasteiger partial charge in [0.25, 0.3) is 5.89 Å². The van der Waals surface area contributed by atoms with Gasteiger partial charge in [0.2, 0.25) is 5.82 Å². The van der Waals surface area contributed by atoms with Crippen molar-refractivity contribution < 1.29 is 14.4 Å². The lowest BCUT2D eigenvalue weighted by Gasteiger charge is -2.34. The molecule has 1 aliphatic heterocycles. The van der Waals surface area contributed by atoms with E-state index in [1.165, 1.54) is 0 Å². The van der Waals surface area contributed by atoms with Gasteiger partial charge in [0, 0.05) is 25.7 Å². The van der Waals surface area contributed by atoms with Gasteiger partial charge in [-0.05, 0) is 13.8 Å². The number of rotatable bonds is 4. The summed E-state index contributed by atoms with van der Waals surface area (Å²) in [5.41, 5.74) is 5.34. The van der Waals surface area contributed by atoms with Crippen molar-refractivity contribution in [3.05, 3.63) is 11.7 Å². The second-order valence-electron chi connectivity index (χ2n) is 4.69. The first-order valence-corrected chi connectivity index (χ1v) is 6.19. The van der Waals surface area contributed by atoms with Gasteiger partial charge in [-0.2, -0.15) is 4.98 Å². The van der Waals surface area contributed by atoms with Gasteiger partial charge in [0.1, 0.15) is 12.2 Å². The Hall–Kier alpha value is -1.02. The zero-order valence-corrected chi connectivity index (χ0v) is 10.7. The molecule has 1 fully saturated rings. The lowest BCUT2D eigenvalue weighted by Crippen LogP contribution is -2.42. The van der Waals surface area contributed by atoms with Crippen molar-refractivity contribution in [2.75, 3.05) is 26.2 Å². The quantitative estimate of drug-likeness (QED) is 0.772. The van der Waals surface area contributed by atoms with Gasteiger partial charge in [0.15, 0.2) is 0 Å². The fourth-order valence-electron chi connectivity index (χ4n) is 1.91. The molecule has 0 radical (unpaired) electrons. The van der Waals surface area contributed by atoms with Gasteiger partial charge in [-0.25, -0.2) is 0 Å². The Balaban J connectivity index is 2.04. The van der Waals surface area contributed by atoms with E-state index in [4.69, 9.17) is 15.0 Å². The van der Waals surface area contributed by atoms with Crippen LogP contribution in [0.4, 0.5) is 0 Å². The van der Waals surface area contributed by atoms with E-state index in [1.807, 2.05) is 0 Å². The highest BCUT2D eigenvalue weighted by molar-refractivity contribution is 4.96. The molecule has 1 saturated heterocycles. The second-order valence-corrected chi connectivity index (χ2v) is 4.69. The van der Waals surface area contributed by atoms with Gasteiger partial charge < -0.3 is 20.1 Å². The van der Waals surface area contributed by atoms with E-state index >= 15 is 0 Å². The van der Waals surface area contributed by atoms with Crippen LogP contribution in [0, 0.1) is 0 Å². The van der Waals surface area contributed by atoms with E-state index in [0.717, 1.165) is 13.1 Å². The monoisotopic (exact) mass is 256 g/mol. The molecule has 1 unspecified atom stereocenters. The van der Waals surface area contributed by atoms with E-state index in [2.05, 4.69) is 28.9 Å². The lowest BCUT2D eigenvalue weighted by molar-refractivity contribution is -0.0450. The lowest BCUT2D eigenvalue weighted by atomic mass is 10.2. The average Bonchev–Trinajstić information content (AvgIpc) is 2.87. The minimum absolute atomic E-state index is 0.0608. The van der Waals surface area contributed by atoms with Crippen LogP contribution in [-0.2, 0) is 4.74 Å². The van der Waals surface area contributed by atoms with Gasteiger partial charge >= 0.3 is 0 Å². The zero-order chi connectivity index (χ0) is 13.1. The van der Waals surface area contributed by atoms with Crippen LogP contribution in [0.25, 0.3) is 0 Å². The Bertz CT molecular complexity index is 382. The summed E-state index contributed by atoms with van der Waals surface area (Å²) < 4.78 is 10.6. The van der Waals surface area contributed by atoms with Crippen LogP contribution in [0.15, 0.2) is 4.52 Å². The van der Waals surface area contributed by atoms with Crippen LogP contribution >= 0.6 is 0 Å². The Morgan fingerprint density at radius 3 is 3.00 bits per heavy atom. The first-order valence-electron chi connectivity index (χ1n) is 6.19. The number of aliphatic hydroxyl groups excluding tert-OH is 1. The highest BCUT2D eigenvalue weighted by Gasteiger charge is 2.28. The smallest absolute Gasteiger partial charge is 0.256 e. The van der Waals surface area contributed by atoms with E-state index in [1.54, 1.807) is 0 Å². The number of nitrogens with two attached hydrogens (primary N) is 1. The van der Waals surface area contributed by atoms with Crippen molar-refractivity contribution in [2.24, 2.45) is 5.73 Å². The molecule has 0 aromatic carbocycles. The van der Waals surface area contributed by atoms with Crippen LogP contribution in [0.1, 0.15) is 37.8 Å².